The van der Waals surface area contributed by atoms with Crippen molar-refractivity contribution in [2.75, 3.05) is 11.4 Å². The summed E-state index contributed by atoms with van der Waals surface area (Å²) in [5, 5.41) is 0. The number of hydrogen-bond acceptors (Lipinski definition) is 4. The van der Waals surface area contributed by atoms with Crippen LogP contribution in [-0.4, -0.2) is 25.2 Å². The van der Waals surface area contributed by atoms with Crippen LogP contribution in [0.2, 0.25) is 0 Å². The number of aryl methyl sites for hydroxylation is 2. The number of aromatic nitrogens is 4. The van der Waals surface area contributed by atoms with E-state index in [-0.39, 0.29) is 17.8 Å². The van der Waals surface area contributed by atoms with Crippen LogP contribution in [0, 0.1) is 12.8 Å². The third kappa shape index (κ3) is 2.53. The molecule has 0 aliphatic carbocycles. The van der Waals surface area contributed by atoms with E-state index >= 15 is 0 Å². The minimum absolute atomic E-state index is 0.180. The van der Waals surface area contributed by atoms with Crippen molar-refractivity contribution in [3.05, 3.63) is 63.3 Å². The number of allylic oxidation sites excluding steroid dienone is 1. The Morgan fingerprint density at radius 1 is 1.26 bits per heavy atom. The summed E-state index contributed by atoms with van der Waals surface area (Å²) >= 11 is 0. The average molecular weight is 365 g/mol. The van der Waals surface area contributed by atoms with Crippen molar-refractivity contribution in [3.8, 4) is 0 Å². The number of para-hydroxylation sites is 1. The Balaban J connectivity index is 2.05. The van der Waals surface area contributed by atoms with E-state index in [1.807, 2.05) is 16.7 Å². The summed E-state index contributed by atoms with van der Waals surface area (Å²) in [7, 11) is 1.66. The number of anilines is 2. The van der Waals surface area contributed by atoms with E-state index in [9.17, 15) is 9.59 Å². The van der Waals surface area contributed by atoms with Gasteiger partial charge in [-0.1, -0.05) is 31.2 Å². The highest BCUT2D eigenvalue weighted by Gasteiger charge is 2.30. The summed E-state index contributed by atoms with van der Waals surface area (Å²) in [5.41, 5.74) is 2.41. The predicted octanol–water partition coefficient (Wildman–Crippen LogP) is 2.18. The van der Waals surface area contributed by atoms with E-state index in [0.717, 1.165) is 17.8 Å². The Hall–Kier alpha value is -3.09. The molecule has 7 heteroatoms. The Labute approximate surface area is 156 Å². The molecule has 2 aromatic heterocycles. The molecular formula is C20H23N5O2. The van der Waals surface area contributed by atoms with Crippen LogP contribution in [0.4, 0.5) is 11.6 Å². The van der Waals surface area contributed by atoms with Crippen molar-refractivity contribution in [3.63, 3.8) is 0 Å². The lowest BCUT2D eigenvalue weighted by molar-refractivity contribution is 0.457. The zero-order valence-electron chi connectivity index (χ0n) is 15.8. The van der Waals surface area contributed by atoms with Crippen molar-refractivity contribution >= 4 is 22.8 Å². The molecule has 3 aromatic rings. The van der Waals surface area contributed by atoms with Crippen molar-refractivity contribution in [1.82, 2.24) is 18.7 Å². The van der Waals surface area contributed by atoms with Crippen molar-refractivity contribution in [2.45, 2.75) is 26.9 Å². The second-order valence-corrected chi connectivity index (χ2v) is 7.24. The predicted molar refractivity (Wildman–Crippen MR) is 107 cm³/mol. The molecule has 0 N–H and O–H groups in total. The van der Waals surface area contributed by atoms with Crippen molar-refractivity contribution in [1.29, 1.82) is 0 Å². The van der Waals surface area contributed by atoms with Crippen LogP contribution in [0.5, 0.6) is 0 Å². The maximum absolute atomic E-state index is 13.1. The molecule has 0 saturated carbocycles. The summed E-state index contributed by atoms with van der Waals surface area (Å²) in [6.07, 6.45) is 1.56. The van der Waals surface area contributed by atoms with Gasteiger partial charge in [-0.25, -0.2) is 4.79 Å². The smallest absolute Gasteiger partial charge is 0.311 e. The molecule has 7 nitrogen and oxygen atoms in total. The molecule has 1 aliphatic rings. The number of imidazole rings is 1. The van der Waals surface area contributed by atoms with Crippen molar-refractivity contribution in [2.24, 2.45) is 13.0 Å². The van der Waals surface area contributed by atoms with Crippen LogP contribution in [0.3, 0.4) is 0 Å². The SMILES string of the molecule is C=CCn1c(=O)c2c(nc3n2C[C@@H](C)CN3c2ccccc2C)n(C)c1=O. The fourth-order valence-corrected chi connectivity index (χ4v) is 3.86. The van der Waals surface area contributed by atoms with Gasteiger partial charge in [-0.3, -0.25) is 13.9 Å². The van der Waals surface area contributed by atoms with E-state index < -0.39 is 0 Å². The van der Waals surface area contributed by atoms with Gasteiger partial charge in [0.15, 0.2) is 11.2 Å². The normalized spacial score (nSPS) is 16.6. The lowest BCUT2D eigenvalue weighted by Crippen LogP contribution is -2.40. The molecule has 0 radical (unpaired) electrons. The zero-order valence-corrected chi connectivity index (χ0v) is 15.8. The fourth-order valence-electron chi connectivity index (χ4n) is 3.86. The molecule has 0 amide bonds. The van der Waals surface area contributed by atoms with Gasteiger partial charge in [-0.2, -0.15) is 4.98 Å². The maximum atomic E-state index is 13.1. The Bertz CT molecular complexity index is 1170. The van der Waals surface area contributed by atoms with E-state index in [2.05, 4.69) is 37.5 Å². The molecule has 1 atom stereocenters. The fraction of sp³-hybridized carbons (Fsp3) is 0.350. The van der Waals surface area contributed by atoms with Crippen LogP contribution >= 0.6 is 0 Å². The van der Waals surface area contributed by atoms with Crippen molar-refractivity contribution < 1.29 is 0 Å². The summed E-state index contributed by atoms with van der Waals surface area (Å²) in [5.74, 6) is 1.04. The maximum Gasteiger partial charge on any atom is 0.332 e. The molecule has 3 heterocycles. The van der Waals surface area contributed by atoms with Crippen LogP contribution < -0.4 is 16.1 Å². The number of rotatable bonds is 3. The monoisotopic (exact) mass is 365 g/mol. The molecule has 4 rings (SSSR count). The standard InChI is InChI=1S/C20H23N5O2/c1-5-10-23-18(26)16-17(22(4)20(23)27)21-19-24(11-13(2)12-25(16)19)15-9-7-6-8-14(15)3/h5-9,13H,1,10-12H2,2-4H3/t13-/m0/s1. The number of fused-ring (bicyclic) bond motifs is 3. The summed E-state index contributed by atoms with van der Waals surface area (Å²) in [4.78, 5) is 32.5. The molecule has 0 unspecified atom stereocenters. The third-order valence-corrected chi connectivity index (χ3v) is 5.16. The lowest BCUT2D eigenvalue weighted by atomic mass is 10.1. The molecule has 0 saturated heterocycles. The van der Waals surface area contributed by atoms with Gasteiger partial charge in [-0.05, 0) is 24.5 Å². The summed E-state index contributed by atoms with van der Waals surface area (Å²) in [6.45, 7) is 9.56. The van der Waals surface area contributed by atoms with Gasteiger partial charge < -0.3 is 9.47 Å². The van der Waals surface area contributed by atoms with Gasteiger partial charge in [0.2, 0.25) is 5.95 Å². The molecule has 140 valence electrons. The highest BCUT2D eigenvalue weighted by Crippen LogP contribution is 2.34. The first-order valence-electron chi connectivity index (χ1n) is 9.08. The Morgan fingerprint density at radius 3 is 2.70 bits per heavy atom. The molecule has 27 heavy (non-hydrogen) atoms. The van der Waals surface area contributed by atoms with Gasteiger partial charge in [0.1, 0.15) is 0 Å². The van der Waals surface area contributed by atoms with Crippen LogP contribution in [0.25, 0.3) is 11.2 Å². The summed E-state index contributed by atoms with van der Waals surface area (Å²) in [6, 6.07) is 8.13. The van der Waals surface area contributed by atoms with E-state index in [1.165, 1.54) is 9.13 Å². The molecular weight excluding hydrogens is 342 g/mol. The topological polar surface area (TPSA) is 65.1 Å². The quantitative estimate of drug-likeness (QED) is 0.668. The average Bonchev–Trinajstić information content (AvgIpc) is 3.03. The molecule has 0 fully saturated rings. The zero-order chi connectivity index (χ0) is 19.3. The molecule has 0 bridgehead atoms. The third-order valence-electron chi connectivity index (χ3n) is 5.16. The number of nitrogens with zero attached hydrogens (tertiary/aromatic N) is 5. The summed E-state index contributed by atoms with van der Waals surface area (Å²) < 4.78 is 4.62. The largest absolute Gasteiger partial charge is 0.332 e. The highest BCUT2D eigenvalue weighted by molar-refractivity contribution is 5.77. The minimum atomic E-state index is -0.377. The van der Waals surface area contributed by atoms with Gasteiger partial charge in [0, 0.05) is 32.4 Å². The van der Waals surface area contributed by atoms with Gasteiger partial charge in [0.05, 0.1) is 0 Å². The number of benzene rings is 1. The molecule has 1 aromatic carbocycles. The highest BCUT2D eigenvalue weighted by atomic mass is 16.2. The first-order valence-corrected chi connectivity index (χ1v) is 9.08. The Morgan fingerprint density at radius 2 is 2.00 bits per heavy atom. The first-order chi connectivity index (χ1) is 12.9. The van der Waals surface area contributed by atoms with E-state index in [1.54, 1.807) is 13.1 Å². The van der Waals surface area contributed by atoms with Gasteiger partial charge >= 0.3 is 5.69 Å². The van der Waals surface area contributed by atoms with Crippen LogP contribution in [-0.2, 0) is 20.1 Å². The van der Waals surface area contributed by atoms with Crippen LogP contribution in [0.1, 0.15) is 12.5 Å². The van der Waals surface area contributed by atoms with Gasteiger partial charge in [0.25, 0.3) is 5.56 Å². The van der Waals surface area contributed by atoms with Crippen LogP contribution in [0.15, 0.2) is 46.5 Å². The molecule has 0 spiro atoms. The minimum Gasteiger partial charge on any atom is -0.311 e. The Kier molecular flexibility index (Phi) is 4.02. The second-order valence-electron chi connectivity index (χ2n) is 7.24. The lowest BCUT2D eigenvalue weighted by Gasteiger charge is -2.33. The van der Waals surface area contributed by atoms with E-state index in [0.29, 0.717) is 29.6 Å². The van der Waals surface area contributed by atoms with Gasteiger partial charge in [-0.15, -0.1) is 6.58 Å². The molecule has 1 aliphatic heterocycles. The second kappa shape index (κ2) is 6.26. The first kappa shape index (κ1) is 17.3. The van der Waals surface area contributed by atoms with E-state index in [4.69, 9.17) is 4.98 Å². The number of hydrogen-bond donors (Lipinski definition) is 0.